The van der Waals surface area contributed by atoms with Crippen LogP contribution >= 0.6 is 0 Å². The van der Waals surface area contributed by atoms with Crippen LogP contribution in [0.2, 0.25) is 0 Å². The largest absolute Gasteiger partial charge is 0.480 e. The number of aliphatic carboxylic acids is 1. The molecule has 0 spiro atoms. The quantitative estimate of drug-likeness (QED) is 0.281. The number of alkyl carbamates (subject to hydrolysis) is 1. The number of carbonyl (C=O) groups is 3. The zero-order valence-electron chi connectivity index (χ0n) is 20.5. The molecule has 0 bridgehead atoms. The zero-order chi connectivity index (χ0) is 26.3. The van der Waals surface area contributed by atoms with Crippen molar-refractivity contribution in [3.63, 3.8) is 0 Å². The number of guanidine groups is 1. The number of hydrogen-bond acceptors (Lipinski definition) is 6. The van der Waals surface area contributed by atoms with Gasteiger partial charge in [-0.1, -0.05) is 26.0 Å². The van der Waals surface area contributed by atoms with E-state index in [2.05, 4.69) is 10.6 Å². The first-order chi connectivity index (χ1) is 16.2. The third-order valence-corrected chi connectivity index (χ3v) is 4.72. The van der Waals surface area contributed by atoms with E-state index in [0.717, 1.165) is 5.56 Å². The van der Waals surface area contributed by atoms with Crippen LogP contribution in [0.1, 0.15) is 62.0 Å². The highest BCUT2D eigenvalue weighted by molar-refractivity contribution is 6.04. The van der Waals surface area contributed by atoms with Gasteiger partial charge < -0.3 is 25.6 Å². The minimum Gasteiger partial charge on any atom is -0.480 e. The van der Waals surface area contributed by atoms with E-state index >= 15 is 0 Å². The van der Waals surface area contributed by atoms with Crippen molar-refractivity contribution >= 4 is 23.9 Å². The molecule has 0 aliphatic carbocycles. The molecule has 2 aromatic carbocycles. The Morgan fingerprint density at radius 3 is 2.23 bits per heavy atom. The topological polar surface area (TPSA) is 164 Å². The number of nitrogens with two attached hydrogens (primary N) is 1. The fourth-order valence-electron chi connectivity index (χ4n) is 3.13. The van der Waals surface area contributed by atoms with Gasteiger partial charge in [0.25, 0.3) is 5.91 Å². The number of hydrogen-bond donors (Lipinski definition) is 5. The van der Waals surface area contributed by atoms with Crippen molar-refractivity contribution in [3.8, 4) is 11.5 Å². The van der Waals surface area contributed by atoms with Crippen LogP contribution in [0.3, 0.4) is 0 Å². The van der Waals surface area contributed by atoms with Crippen molar-refractivity contribution in [1.82, 2.24) is 10.6 Å². The molecule has 2 rings (SSSR count). The molecule has 10 heteroatoms. The summed E-state index contributed by atoms with van der Waals surface area (Å²) < 4.78 is 11.1. The standard InChI is InChI=1S/C25H32N4O6/c1-14(2)18-13-16(21(30)29-23(26)27)8-11-20(18)34-17-9-6-15(7-10-17)12-19(22(31)32)28-24(33)35-25(3,4)5/h6-11,13-14,19H,12H2,1-5H3,(H,28,33)(H,31,32)(H4,26,27,29,30)/t19-/m0/s1. The van der Waals surface area contributed by atoms with Gasteiger partial charge in [0.05, 0.1) is 0 Å². The van der Waals surface area contributed by atoms with E-state index in [-0.39, 0.29) is 12.3 Å². The summed E-state index contributed by atoms with van der Waals surface area (Å²) in [6.07, 6.45) is -0.738. The van der Waals surface area contributed by atoms with Gasteiger partial charge in [-0.2, -0.15) is 0 Å². The van der Waals surface area contributed by atoms with Crippen LogP contribution in [0.15, 0.2) is 42.5 Å². The van der Waals surface area contributed by atoms with Crippen molar-refractivity contribution in [1.29, 1.82) is 5.41 Å². The highest BCUT2D eigenvalue weighted by Crippen LogP contribution is 2.31. The lowest BCUT2D eigenvalue weighted by atomic mass is 9.99. The molecule has 2 aromatic rings. The summed E-state index contributed by atoms with van der Waals surface area (Å²) in [6, 6.07) is 10.6. The molecule has 0 unspecified atom stereocenters. The molecule has 0 heterocycles. The highest BCUT2D eigenvalue weighted by Gasteiger charge is 2.24. The number of benzene rings is 2. The maximum Gasteiger partial charge on any atom is 0.408 e. The molecule has 0 saturated heterocycles. The Bertz CT molecular complexity index is 1090. The van der Waals surface area contributed by atoms with Gasteiger partial charge >= 0.3 is 12.1 Å². The Balaban J connectivity index is 2.13. The fourth-order valence-corrected chi connectivity index (χ4v) is 3.13. The van der Waals surface area contributed by atoms with E-state index < -0.39 is 35.6 Å². The van der Waals surface area contributed by atoms with Crippen molar-refractivity contribution < 1.29 is 29.0 Å². The first-order valence-electron chi connectivity index (χ1n) is 11.0. The monoisotopic (exact) mass is 484 g/mol. The maximum atomic E-state index is 12.2. The summed E-state index contributed by atoms with van der Waals surface area (Å²) in [5, 5.41) is 21.3. The van der Waals surface area contributed by atoms with Crippen LogP contribution in [0.5, 0.6) is 11.5 Å². The predicted molar refractivity (Wildman–Crippen MR) is 131 cm³/mol. The average Bonchev–Trinajstić information content (AvgIpc) is 2.72. The second kappa shape index (κ2) is 11.4. The summed E-state index contributed by atoms with van der Waals surface area (Å²) in [4.78, 5) is 35.7. The summed E-state index contributed by atoms with van der Waals surface area (Å²) in [6.45, 7) is 9.00. The summed E-state index contributed by atoms with van der Waals surface area (Å²) >= 11 is 0. The van der Waals surface area contributed by atoms with E-state index in [1.165, 1.54) is 0 Å². The second-order valence-corrected chi connectivity index (χ2v) is 9.26. The number of rotatable bonds is 8. The van der Waals surface area contributed by atoms with Crippen LogP contribution in [-0.4, -0.2) is 40.7 Å². The number of amides is 2. The van der Waals surface area contributed by atoms with Crippen LogP contribution < -0.4 is 21.1 Å². The Hall–Kier alpha value is -4.08. The molecule has 0 aliphatic heterocycles. The molecule has 10 nitrogen and oxygen atoms in total. The van der Waals surface area contributed by atoms with Crippen molar-refractivity contribution in [2.75, 3.05) is 0 Å². The van der Waals surface area contributed by atoms with Gasteiger partial charge in [0, 0.05) is 12.0 Å². The number of carboxylic acids is 1. The summed E-state index contributed by atoms with van der Waals surface area (Å²) in [7, 11) is 0. The third-order valence-electron chi connectivity index (χ3n) is 4.72. The maximum absolute atomic E-state index is 12.2. The van der Waals surface area contributed by atoms with Gasteiger partial charge in [-0.3, -0.25) is 15.5 Å². The predicted octanol–water partition coefficient (Wildman–Crippen LogP) is 3.75. The molecular weight excluding hydrogens is 452 g/mol. The number of ether oxygens (including phenoxy) is 2. The molecule has 0 aromatic heterocycles. The third kappa shape index (κ3) is 8.65. The van der Waals surface area contributed by atoms with Gasteiger partial charge in [-0.05, 0) is 68.1 Å². The normalized spacial score (nSPS) is 11.9. The number of nitrogens with one attached hydrogen (secondary N) is 3. The molecule has 0 aliphatic rings. The lowest BCUT2D eigenvalue weighted by Gasteiger charge is -2.22. The smallest absolute Gasteiger partial charge is 0.408 e. The molecule has 1 atom stereocenters. The van der Waals surface area contributed by atoms with E-state index in [1.54, 1.807) is 63.2 Å². The lowest BCUT2D eigenvalue weighted by molar-refractivity contribution is -0.139. The van der Waals surface area contributed by atoms with Gasteiger partial charge in [-0.25, -0.2) is 9.59 Å². The van der Waals surface area contributed by atoms with Crippen LogP contribution in [-0.2, 0) is 16.0 Å². The Morgan fingerprint density at radius 1 is 1.09 bits per heavy atom. The van der Waals surface area contributed by atoms with E-state index in [9.17, 15) is 19.5 Å². The van der Waals surface area contributed by atoms with Gasteiger partial charge in [0.2, 0.25) is 0 Å². The van der Waals surface area contributed by atoms with E-state index in [1.807, 2.05) is 13.8 Å². The molecular formula is C25H32N4O6. The van der Waals surface area contributed by atoms with Crippen molar-refractivity contribution in [2.45, 2.75) is 58.6 Å². The van der Waals surface area contributed by atoms with E-state index in [4.69, 9.17) is 20.6 Å². The molecule has 0 fully saturated rings. The van der Waals surface area contributed by atoms with Crippen LogP contribution in [0, 0.1) is 5.41 Å². The van der Waals surface area contributed by atoms with Crippen LogP contribution in [0.25, 0.3) is 0 Å². The SMILES string of the molecule is CC(C)c1cc(C(=O)NC(=N)N)ccc1Oc1ccc(C[C@H](NC(=O)OC(C)(C)C)C(=O)O)cc1. The van der Waals surface area contributed by atoms with Crippen molar-refractivity contribution in [2.24, 2.45) is 5.73 Å². The molecule has 6 N–H and O–H groups in total. The molecule has 2 amide bonds. The Morgan fingerprint density at radius 2 is 1.71 bits per heavy atom. The molecule has 35 heavy (non-hydrogen) atoms. The van der Waals surface area contributed by atoms with Crippen molar-refractivity contribution in [3.05, 3.63) is 59.2 Å². The van der Waals surface area contributed by atoms with E-state index in [0.29, 0.717) is 22.6 Å². The Labute approximate surface area is 204 Å². The van der Waals surface area contributed by atoms with Crippen LogP contribution in [0.4, 0.5) is 4.79 Å². The minimum atomic E-state index is -1.17. The first kappa shape index (κ1) is 27.2. The van der Waals surface area contributed by atoms with Gasteiger partial charge in [0.1, 0.15) is 23.1 Å². The molecule has 0 saturated carbocycles. The first-order valence-corrected chi connectivity index (χ1v) is 11.0. The highest BCUT2D eigenvalue weighted by atomic mass is 16.6. The van der Waals surface area contributed by atoms with Gasteiger partial charge in [-0.15, -0.1) is 0 Å². The summed E-state index contributed by atoms with van der Waals surface area (Å²) in [5.41, 5.74) is 6.32. The molecule has 188 valence electrons. The molecule has 0 radical (unpaired) electrons. The second-order valence-electron chi connectivity index (χ2n) is 9.26. The summed E-state index contributed by atoms with van der Waals surface area (Å²) in [5.74, 6) is -0.974. The number of carbonyl (C=O) groups excluding carboxylic acids is 2. The fraction of sp³-hybridized carbons (Fsp3) is 0.360. The zero-order valence-corrected chi connectivity index (χ0v) is 20.5. The number of carboxylic acid groups (broad SMARTS) is 1. The Kier molecular flexibility index (Phi) is 8.82. The van der Waals surface area contributed by atoms with Gasteiger partial charge in [0.15, 0.2) is 5.96 Å². The lowest BCUT2D eigenvalue weighted by Crippen LogP contribution is -2.44. The minimum absolute atomic E-state index is 0.0459. The average molecular weight is 485 g/mol.